The number of hydrogen-bond donors (Lipinski definition) is 2. The first kappa shape index (κ1) is 22.6. The van der Waals surface area contributed by atoms with Gasteiger partial charge in [0.15, 0.2) is 11.5 Å². The van der Waals surface area contributed by atoms with E-state index >= 15 is 0 Å². The van der Waals surface area contributed by atoms with Crippen molar-refractivity contribution in [2.24, 2.45) is 0 Å². The largest absolute Gasteiger partial charge is 0.493 e. The summed E-state index contributed by atoms with van der Waals surface area (Å²) in [6.07, 6.45) is 4.75. The van der Waals surface area contributed by atoms with E-state index in [-0.39, 0.29) is 17.4 Å². The second-order valence-corrected chi connectivity index (χ2v) is 7.35. The maximum absolute atomic E-state index is 12.8. The first-order valence-electron chi connectivity index (χ1n) is 10.1. The molecule has 1 amide bonds. The zero-order valence-corrected chi connectivity index (χ0v) is 17.6. The van der Waals surface area contributed by atoms with Gasteiger partial charge in [-0.15, -0.1) is 0 Å². The first-order chi connectivity index (χ1) is 15.0. The van der Waals surface area contributed by atoms with Gasteiger partial charge in [-0.25, -0.2) is 0 Å². The summed E-state index contributed by atoms with van der Waals surface area (Å²) in [5.74, 6) is -0.340. The number of piperidine rings is 1. The van der Waals surface area contributed by atoms with Gasteiger partial charge < -0.3 is 25.0 Å². The van der Waals surface area contributed by atoms with Gasteiger partial charge in [0, 0.05) is 17.7 Å². The Bertz CT molecular complexity index is 913. The summed E-state index contributed by atoms with van der Waals surface area (Å²) in [6, 6.07) is 12.6. The van der Waals surface area contributed by atoms with Gasteiger partial charge in [0.1, 0.15) is 0 Å². The second kappa shape index (κ2) is 10.8. The van der Waals surface area contributed by atoms with Crippen molar-refractivity contribution >= 4 is 23.4 Å². The molecule has 2 aromatic rings. The predicted molar refractivity (Wildman–Crippen MR) is 118 cm³/mol. The Balaban J connectivity index is 1.70. The summed E-state index contributed by atoms with van der Waals surface area (Å²) < 4.78 is 35.2. The van der Waals surface area contributed by atoms with E-state index in [0.717, 1.165) is 31.6 Å². The number of rotatable bonds is 8. The molecule has 2 N–H and O–H groups in total. The second-order valence-electron chi connectivity index (χ2n) is 7.35. The number of hydrogen-bond acceptors (Lipinski definition) is 5. The molecule has 1 heterocycles. The molecule has 3 rings (SSSR count). The molecule has 0 radical (unpaired) electrons. The van der Waals surface area contributed by atoms with E-state index < -0.39 is 6.61 Å². The van der Waals surface area contributed by atoms with Gasteiger partial charge in [0.25, 0.3) is 0 Å². The van der Waals surface area contributed by atoms with Gasteiger partial charge >= 0.3 is 6.61 Å². The lowest BCUT2D eigenvalue weighted by Crippen LogP contribution is -2.36. The van der Waals surface area contributed by atoms with Crippen LogP contribution in [0.4, 0.5) is 20.2 Å². The van der Waals surface area contributed by atoms with Gasteiger partial charge in [-0.05, 0) is 57.3 Å². The number of nitrogens with zero attached hydrogens (tertiary/aromatic N) is 1. The minimum Gasteiger partial charge on any atom is -0.493 e. The maximum atomic E-state index is 12.8. The monoisotopic (exact) mass is 431 g/mol. The van der Waals surface area contributed by atoms with Gasteiger partial charge in [-0.2, -0.15) is 8.78 Å². The van der Waals surface area contributed by atoms with E-state index in [4.69, 9.17) is 4.74 Å². The van der Waals surface area contributed by atoms with Gasteiger partial charge in [-0.3, -0.25) is 4.79 Å². The number of ether oxygens (including phenoxy) is 2. The number of carbonyl (C=O) groups is 1. The highest BCUT2D eigenvalue weighted by Crippen LogP contribution is 2.33. The Labute approximate surface area is 180 Å². The Morgan fingerprint density at radius 1 is 1.13 bits per heavy atom. The zero-order chi connectivity index (χ0) is 22.2. The molecule has 0 unspecified atom stereocenters. The van der Waals surface area contributed by atoms with E-state index in [0.29, 0.717) is 17.3 Å². The van der Waals surface area contributed by atoms with Crippen LogP contribution in [0.5, 0.6) is 11.5 Å². The lowest BCUT2D eigenvalue weighted by atomic mass is 10.0. The van der Waals surface area contributed by atoms with Crippen molar-refractivity contribution in [3.05, 3.63) is 54.1 Å². The molecule has 0 saturated carbocycles. The third-order valence-electron chi connectivity index (χ3n) is 5.11. The molecule has 0 aliphatic carbocycles. The van der Waals surface area contributed by atoms with Crippen LogP contribution in [-0.2, 0) is 4.79 Å². The summed E-state index contributed by atoms with van der Waals surface area (Å²) in [5.41, 5.74) is 1.82. The average Bonchev–Trinajstić information content (AvgIpc) is 2.75. The molecule has 166 valence electrons. The van der Waals surface area contributed by atoms with Crippen molar-refractivity contribution in [1.29, 1.82) is 0 Å². The number of methoxy groups -OCH3 is 1. The number of carbonyl (C=O) groups excluding carboxylic acids is 1. The van der Waals surface area contributed by atoms with Crippen LogP contribution in [-0.4, -0.2) is 50.7 Å². The fraction of sp³-hybridized carbons (Fsp3) is 0.348. The molecule has 1 fully saturated rings. The lowest BCUT2D eigenvalue weighted by Gasteiger charge is -2.30. The molecule has 1 saturated heterocycles. The number of alkyl halides is 2. The molecule has 0 aromatic heterocycles. The van der Waals surface area contributed by atoms with Crippen LogP contribution in [0.15, 0.2) is 48.5 Å². The van der Waals surface area contributed by atoms with E-state index in [1.165, 1.54) is 25.3 Å². The van der Waals surface area contributed by atoms with Crippen LogP contribution >= 0.6 is 0 Å². The molecule has 1 aliphatic heterocycles. The van der Waals surface area contributed by atoms with Crippen LogP contribution in [0, 0.1) is 0 Å². The third kappa shape index (κ3) is 6.42. The molecule has 2 aromatic carbocycles. The standard InChI is InChI=1S/C23H27F2N3O3/c1-28-14-12-17(13-15-28)26-18-7-3-4-8-19(18)27-21(29)11-10-16-6-5-9-20(30-2)22(16)31-23(24)25/h3-11,17,23,26H,12-15H2,1-2H3,(H,27,29)/b11-10+. The highest BCUT2D eigenvalue weighted by atomic mass is 19.3. The molecule has 8 heteroatoms. The molecular formula is C23H27F2N3O3. The number of amides is 1. The van der Waals surface area contributed by atoms with Crippen molar-refractivity contribution in [1.82, 2.24) is 4.90 Å². The Kier molecular flexibility index (Phi) is 7.83. The van der Waals surface area contributed by atoms with Gasteiger partial charge in [0.05, 0.1) is 18.5 Å². The van der Waals surface area contributed by atoms with Gasteiger partial charge in [0.2, 0.25) is 5.91 Å². The predicted octanol–water partition coefficient (Wildman–Crippen LogP) is 4.45. The van der Waals surface area contributed by atoms with Crippen LogP contribution in [0.2, 0.25) is 0 Å². The molecule has 0 atom stereocenters. The smallest absolute Gasteiger partial charge is 0.387 e. The Morgan fingerprint density at radius 2 is 1.84 bits per heavy atom. The number of para-hydroxylation sites is 3. The number of nitrogens with one attached hydrogen (secondary N) is 2. The number of anilines is 2. The summed E-state index contributed by atoms with van der Waals surface area (Å²) in [6.45, 7) is -0.952. The van der Waals surface area contributed by atoms with E-state index in [9.17, 15) is 13.6 Å². The van der Waals surface area contributed by atoms with E-state index in [2.05, 4.69) is 27.3 Å². The van der Waals surface area contributed by atoms with Crippen LogP contribution in [0.3, 0.4) is 0 Å². The highest BCUT2D eigenvalue weighted by Gasteiger charge is 2.18. The first-order valence-corrected chi connectivity index (χ1v) is 10.1. The maximum Gasteiger partial charge on any atom is 0.387 e. The minimum absolute atomic E-state index is 0.117. The summed E-state index contributed by atoms with van der Waals surface area (Å²) in [4.78, 5) is 14.8. The van der Waals surface area contributed by atoms with E-state index in [1.807, 2.05) is 24.3 Å². The SMILES string of the molecule is COc1cccc(/C=C/C(=O)Nc2ccccc2NC2CCN(C)CC2)c1OC(F)F. The molecule has 31 heavy (non-hydrogen) atoms. The zero-order valence-electron chi connectivity index (χ0n) is 17.6. The highest BCUT2D eigenvalue weighted by molar-refractivity contribution is 6.04. The van der Waals surface area contributed by atoms with Crippen LogP contribution in [0.25, 0.3) is 6.08 Å². The lowest BCUT2D eigenvalue weighted by molar-refractivity contribution is -0.111. The summed E-state index contributed by atoms with van der Waals surface area (Å²) >= 11 is 0. The summed E-state index contributed by atoms with van der Waals surface area (Å²) in [7, 11) is 3.47. The number of halogens is 2. The van der Waals surface area contributed by atoms with Crippen molar-refractivity contribution in [2.45, 2.75) is 25.5 Å². The molecule has 0 spiro atoms. The van der Waals surface area contributed by atoms with Crippen molar-refractivity contribution < 1.29 is 23.0 Å². The quantitative estimate of drug-likeness (QED) is 0.605. The fourth-order valence-corrected chi connectivity index (χ4v) is 3.47. The van der Waals surface area contributed by atoms with Crippen molar-refractivity contribution in [3.8, 4) is 11.5 Å². The Hall–Kier alpha value is -3.13. The topological polar surface area (TPSA) is 62.8 Å². The normalized spacial score (nSPS) is 15.3. The molecular weight excluding hydrogens is 404 g/mol. The van der Waals surface area contributed by atoms with E-state index in [1.54, 1.807) is 12.1 Å². The molecule has 0 bridgehead atoms. The molecule has 1 aliphatic rings. The summed E-state index contributed by atoms with van der Waals surface area (Å²) in [5, 5.41) is 6.36. The minimum atomic E-state index is -3.00. The average molecular weight is 431 g/mol. The third-order valence-corrected chi connectivity index (χ3v) is 5.11. The van der Waals surface area contributed by atoms with Gasteiger partial charge in [-0.1, -0.05) is 24.3 Å². The van der Waals surface area contributed by atoms with Crippen LogP contribution < -0.4 is 20.1 Å². The fourth-order valence-electron chi connectivity index (χ4n) is 3.47. The van der Waals surface area contributed by atoms with Crippen molar-refractivity contribution in [3.63, 3.8) is 0 Å². The Morgan fingerprint density at radius 3 is 2.52 bits per heavy atom. The number of benzene rings is 2. The number of likely N-dealkylation sites (tertiary alicyclic amines) is 1. The molecule has 6 nitrogen and oxygen atoms in total. The van der Waals surface area contributed by atoms with Crippen molar-refractivity contribution in [2.75, 3.05) is 37.9 Å². The van der Waals surface area contributed by atoms with Crippen LogP contribution in [0.1, 0.15) is 18.4 Å².